The van der Waals surface area contributed by atoms with Crippen LogP contribution in [0.15, 0.2) is 30.6 Å². The minimum atomic E-state index is 0.0880. The Hall–Kier alpha value is -1.89. The van der Waals surface area contributed by atoms with E-state index < -0.39 is 0 Å². The average molecular weight is 356 g/mol. The van der Waals surface area contributed by atoms with Crippen LogP contribution in [0, 0.1) is 0 Å². The minimum absolute atomic E-state index is 0.0880. The smallest absolute Gasteiger partial charge is 0.115 e. The lowest BCUT2D eigenvalue weighted by Gasteiger charge is -2.45. The van der Waals surface area contributed by atoms with Crippen LogP contribution < -0.4 is 0 Å². The van der Waals surface area contributed by atoms with Crippen molar-refractivity contribution in [3.8, 4) is 5.75 Å². The van der Waals surface area contributed by atoms with Crippen LogP contribution in [0.4, 0.5) is 0 Å². The highest BCUT2D eigenvalue weighted by Gasteiger charge is 2.35. The van der Waals surface area contributed by atoms with Crippen LogP contribution in [-0.2, 0) is 11.3 Å². The molecule has 4 rings (SSSR count). The molecule has 2 aromatic rings. The van der Waals surface area contributed by atoms with Gasteiger partial charge in [-0.2, -0.15) is 0 Å². The summed E-state index contributed by atoms with van der Waals surface area (Å²) in [4.78, 5) is 12.9. The zero-order valence-corrected chi connectivity index (χ0v) is 15.6. The molecule has 3 heterocycles. The van der Waals surface area contributed by atoms with Crippen LogP contribution in [0.3, 0.4) is 0 Å². The third-order valence-electron chi connectivity index (χ3n) is 5.65. The number of hydrogen-bond acceptors (Lipinski definition) is 5. The maximum atomic E-state index is 9.90. The third kappa shape index (κ3) is 3.49. The Labute approximate surface area is 154 Å². The van der Waals surface area contributed by atoms with Crippen LogP contribution in [0.2, 0.25) is 0 Å². The topological polar surface area (TPSA) is 64.6 Å². The molecule has 26 heavy (non-hydrogen) atoms. The van der Waals surface area contributed by atoms with Crippen molar-refractivity contribution in [2.75, 3.05) is 39.4 Å². The number of aromatic hydroxyl groups is 1. The van der Waals surface area contributed by atoms with Crippen LogP contribution in [-0.4, -0.2) is 69.8 Å². The molecular weight excluding hydrogens is 328 g/mol. The van der Waals surface area contributed by atoms with Gasteiger partial charge in [-0.25, -0.2) is 4.98 Å². The molecule has 2 aliphatic rings. The number of aromatic amines is 1. The second-order valence-corrected chi connectivity index (χ2v) is 8.00. The summed E-state index contributed by atoms with van der Waals surface area (Å²) in [6.07, 6.45) is 1.79. The molecule has 1 aromatic heterocycles. The van der Waals surface area contributed by atoms with Crippen LogP contribution in [0.5, 0.6) is 5.75 Å². The van der Waals surface area contributed by atoms with Crippen molar-refractivity contribution in [1.29, 1.82) is 0 Å². The molecule has 1 unspecified atom stereocenters. The van der Waals surface area contributed by atoms with Crippen LogP contribution in [0.25, 0.3) is 0 Å². The zero-order valence-electron chi connectivity index (χ0n) is 15.6. The molecule has 0 aliphatic carbocycles. The minimum Gasteiger partial charge on any atom is -0.508 e. The predicted octanol–water partition coefficient (Wildman–Crippen LogP) is 2.17. The van der Waals surface area contributed by atoms with Crippen molar-refractivity contribution < 1.29 is 9.84 Å². The number of benzene rings is 1. The van der Waals surface area contributed by atoms with Gasteiger partial charge in [-0.05, 0) is 31.5 Å². The number of nitrogens with zero attached hydrogens (tertiary/aromatic N) is 3. The highest BCUT2D eigenvalue weighted by Crippen LogP contribution is 2.34. The van der Waals surface area contributed by atoms with Crippen LogP contribution >= 0.6 is 0 Å². The monoisotopic (exact) mass is 356 g/mol. The Morgan fingerprint density at radius 3 is 2.88 bits per heavy atom. The molecule has 2 N–H and O–H groups in total. The van der Waals surface area contributed by atoms with E-state index in [0.717, 1.165) is 57.2 Å². The number of nitrogens with one attached hydrogen (secondary N) is 1. The second-order valence-electron chi connectivity index (χ2n) is 8.00. The number of H-pyrrole nitrogens is 1. The Kier molecular flexibility index (Phi) is 4.73. The van der Waals surface area contributed by atoms with E-state index in [1.54, 1.807) is 12.4 Å². The lowest BCUT2D eigenvalue weighted by atomic mass is 9.89. The summed E-state index contributed by atoms with van der Waals surface area (Å²) < 4.78 is 5.51. The lowest BCUT2D eigenvalue weighted by molar-refractivity contribution is -0.0237. The number of fused-ring (bicyclic) bond motifs is 1. The summed E-state index contributed by atoms with van der Waals surface area (Å²) >= 11 is 0. The molecule has 2 aliphatic heterocycles. The first-order valence-corrected chi connectivity index (χ1v) is 9.39. The molecule has 0 spiro atoms. The standard InChI is InChI=1S/C20H28N4O2/c1-20(2,24-6-8-26-9-7-24)13-23-11-17(15-4-3-5-16(25)10-15)19-18(12-23)21-14-22-19/h3-5,10,14,17,25H,6-9,11-13H2,1-2H3,(H,21,22). The van der Waals surface area contributed by atoms with E-state index in [1.165, 1.54) is 5.69 Å². The average Bonchev–Trinajstić information content (AvgIpc) is 3.10. The normalized spacial score (nSPS) is 22.3. The first kappa shape index (κ1) is 17.5. The highest BCUT2D eigenvalue weighted by molar-refractivity contribution is 5.37. The van der Waals surface area contributed by atoms with Gasteiger partial charge in [-0.15, -0.1) is 0 Å². The quantitative estimate of drug-likeness (QED) is 0.879. The molecule has 1 fully saturated rings. The zero-order chi connectivity index (χ0) is 18.1. The molecule has 0 radical (unpaired) electrons. The Balaban J connectivity index is 1.55. The Bertz CT molecular complexity index is 752. The predicted molar refractivity (Wildman–Crippen MR) is 100 cm³/mol. The number of phenolic OH excluding ortho intramolecular Hbond substituents is 1. The summed E-state index contributed by atoms with van der Waals surface area (Å²) in [7, 11) is 0. The van der Waals surface area contributed by atoms with E-state index in [1.807, 2.05) is 12.1 Å². The van der Waals surface area contributed by atoms with Crippen molar-refractivity contribution in [2.24, 2.45) is 0 Å². The first-order chi connectivity index (χ1) is 12.5. The Morgan fingerprint density at radius 2 is 2.12 bits per heavy atom. The summed E-state index contributed by atoms with van der Waals surface area (Å²) in [5.41, 5.74) is 3.50. The van der Waals surface area contributed by atoms with Gasteiger partial charge in [0.2, 0.25) is 0 Å². The number of phenols is 1. The highest BCUT2D eigenvalue weighted by atomic mass is 16.5. The van der Waals surface area contributed by atoms with Crippen molar-refractivity contribution in [2.45, 2.75) is 31.8 Å². The number of imidazole rings is 1. The molecule has 0 saturated carbocycles. The van der Waals surface area contributed by atoms with Crippen molar-refractivity contribution >= 4 is 0 Å². The lowest BCUT2D eigenvalue weighted by Crippen LogP contribution is -2.56. The summed E-state index contributed by atoms with van der Waals surface area (Å²) in [5, 5.41) is 9.90. The summed E-state index contributed by atoms with van der Waals surface area (Å²) in [6, 6.07) is 7.57. The van der Waals surface area contributed by atoms with Gasteiger partial charge in [0.15, 0.2) is 0 Å². The van der Waals surface area contributed by atoms with Gasteiger partial charge in [-0.1, -0.05) is 12.1 Å². The Morgan fingerprint density at radius 1 is 1.31 bits per heavy atom. The van der Waals surface area contributed by atoms with Crippen molar-refractivity contribution in [1.82, 2.24) is 19.8 Å². The maximum absolute atomic E-state index is 9.90. The molecule has 1 saturated heterocycles. The van der Waals surface area contributed by atoms with E-state index in [0.29, 0.717) is 5.75 Å². The van der Waals surface area contributed by atoms with Gasteiger partial charge in [0.05, 0.1) is 30.9 Å². The van der Waals surface area contributed by atoms with Crippen molar-refractivity contribution in [3.05, 3.63) is 47.5 Å². The third-order valence-corrected chi connectivity index (χ3v) is 5.65. The van der Waals surface area contributed by atoms with E-state index in [2.05, 4.69) is 39.7 Å². The van der Waals surface area contributed by atoms with E-state index >= 15 is 0 Å². The number of aromatic nitrogens is 2. The van der Waals surface area contributed by atoms with Gasteiger partial charge >= 0.3 is 0 Å². The summed E-state index contributed by atoms with van der Waals surface area (Å²) in [6.45, 7) is 11.1. The van der Waals surface area contributed by atoms with E-state index in [-0.39, 0.29) is 11.5 Å². The SMILES string of the molecule is CC(C)(CN1Cc2[nH]cnc2C(c2cccc(O)c2)C1)N1CCOCC1. The number of ether oxygens (including phenoxy) is 1. The fraction of sp³-hybridized carbons (Fsp3) is 0.550. The second kappa shape index (κ2) is 7.02. The molecule has 1 atom stereocenters. The van der Waals surface area contributed by atoms with Gasteiger partial charge in [0.1, 0.15) is 5.75 Å². The maximum Gasteiger partial charge on any atom is 0.115 e. The van der Waals surface area contributed by atoms with Crippen LogP contribution in [0.1, 0.15) is 36.7 Å². The molecule has 1 aromatic carbocycles. The largest absolute Gasteiger partial charge is 0.508 e. The number of morpholine rings is 1. The molecule has 0 amide bonds. The molecular formula is C20H28N4O2. The fourth-order valence-corrected chi connectivity index (χ4v) is 4.33. The summed E-state index contributed by atoms with van der Waals surface area (Å²) in [5.74, 6) is 0.489. The molecule has 140 valence electrons. The van der Waals surface area contributed by atoms with Gasteiger partial charge in [0, 0.05) is 44.2 Å². The fourth-order valence-electron chi connectivity index (χ4n) is 4.33. The first-order valence-electron chi connectivity index (χ1n) is 9.39. The van der Waals surface area contributed by atoms with E-state index in [9.17, 15) is 5.11 Å². The number of hydrogen-bond donors (Lipinski definition) is 2. The molecule has 6 nitrogen and oxygen atoms in total. The van der Waals surface area contributed by atoms with E-state index in [4.69, 9.17) is 4.74 Å². The molecule has 0 bridgehead atoms. The number of rotatable bonds is 4. The van der Waals surface area contributed by atoms with Crippen molar-refractivity contribution in [3.63, 3.8) is 0 Å². The van der Waals surface area contributed by atoms with Gasteiger partial charge in [-0.3, -0.25) is 9.80 Å². The van der Waals surface area contributed by atoms with Gasteiger partial charge < -0.3 is 14.8 Å². The molecule has 6 heteroatoms. The van der Waals surface area contributed by atoms with Gasteiger partial charge in [0.25, 0.3) is 0 Å².